The Kier molecular flexibility index (Phi) is 4.21. The highest BCUT2D eigenvalue weighted by Crippen LogP contribution is 2.28. The molecule has 1 aromatic heterocycles. The number of alkyl halides is 3. The molecule has 1 fully saturated rings. The molecule has 0 aromatic carbocycles. The van der Waals surface area contributed by atoms with Crippen molar-refractivity contribution in [3.8, 4) is 0 Å². The van der Waals surface area contributed by atoms with Gasteiger partial charge in [0.25, 0.3) is 0 Å². The van der Waals surface area contributed by atoms with E-state index in [9.17, 15) is 18.0 Å². The van der Waals surface area contributed by atoms with Crippen LogP contribution in [0.5, 0.6) is 0 Å². The van der Waals surface area contributed by atoms with Crippen LogP contribution in [0.25, 0.3) is 0 Å². The molecule has 0 unspecified atom stereocenters. The van der Waals surface area contributed by atoms with Crippen LogP contribution in [0.3, 0.4) is 0 Å². The highest BCUT2D eigenvalue weighted by molar-refractivity contribution is 5.69. The topological polar surface area (TPSA) is 54.5 Å². The van der Waals surface area contributed by atoms with Crippen LogP contribution in [0.1, 0.15) is 26.5 Å². The Hall–Kier alpha value is -1.99. The fraction of sp³-hybridized carbons (Fsp3) is 0.571. The van der Waals surface area contributed by atoms with Crippen molar-refractivity contribution >= 4 is 11.8 Å². The van der Waals surface area contributed by atoms with Gasteiger partial charge < -0.3 is 15.0 Å². The van der Waals surface area contributed by atoms with E-state index in [2.05, 4.69) is 10.3 Å². The maximum atomic E-state index is 12.4. The summed E-state index contributed by atoms with van der Waals surface area (Å²) in [6, 6.07) is 2.23. The van der Waals surface area contributed by atoms with Gasteiger partial charge in [0.1, 0.15) is 11.3 Å². The van der Waals surface area contributed by atoms with Crippen LogP contribution in [0.15, 0.2) is 18.3 Å². The van der Waals surface area contributed by atoms with Crippen molar-refractivity contribution in [3.05, 3.63) is 24.0 Å². The summed E-state index contributed by atoms with van der Waals surface area (Å²) < 4.78 is 42.4. The second kappa shape index (κ2) is 5.66. The number of aromatic nitrogens is 1. The summed E-state index contributed by atoms with van der Waals surface area (Å²) in [5.74, 6) is 0. The molecule has 1 aliphatic heterocycles. The molecule has 0 atom stereocenters. The van der Waals surface area contributed by atoms with Crippen LogP contribution in [-0.4, -0.2) is 40.7 Å². The average Bonchev–Trinajstić information content (AvgIpc) is 2.30. The quantitative estimate of drug-likeness (QED) is 0.910. The van der Waals surface area contributed by atoms with E-state index in [-0.39, 0.29) is 6.04 Å². The molecule has 1 aliphatic rings. The van der Waals surface area contributed by atoms with Crippen molar-refractivity contribution in [2.45, 2.75) is 38.6 Å². The Morgan fingerprint density at radius 2 is 1.95 bits per heavy atom. The van der Waals surface area contributed by atoms with Crippen LogP contribution in [-0.2, 0) is 10.9 Å². The highest BCUT2D eigenvalue weighted by Gasteiger charge is 2.34. The van der Waals surface area contributed by atoms with Crippen molar-refractivity contribution in [3.63, 3.8) is 0 Å². The molecular weight excluding hydrogens is 299 g/mol. The first kappa shape index (κ1) is 16.4. The van der Waals surface area contributed by atoms with Crippen LogP contribution in [0.4, 0.5) is 23.7 Å². The molecule has 1 amide bonds. The zero-order valence-electron chi connectivity index (χ0n) is 12.6. The number of carbonyl (C=O) groups excluding carboxylic acids is 1. The Bertz CT molecular complexity index is 532. The number of hydrogen-bond acceptors (Lipinski definition) is 4. The Morgan fingerprint density at radius 3 is 2.41 bits per heavy atom. The lowest BCUT2D eigenvalue weighted by Crippen LogP contribution is -2.57. The predicted octanol–water partition coefficient (Wildman–Crippen LogP) is 3.13. The summed E-state index contributed by atoms with van der Waals surface area (Å²) >= 11 is 0. The van der Waals surface area contributed by atoms with Crippen molar-refractivity contribution in [1.82, 2.24) is 9.88 Å². The molecule has 122 valence electrons. The third-order valence-corrected chi connectivity index (χ3v) is 2.96. The second-order valence-electron chi connectivity index (χ2n) is 6.16. The van der Waals surface area contributed by atoms with Gasteiger partial charge in [-0.15, -0.1) is 0 Å². The van der Waals surface area contributed by atoms with Crippen LogP contribution in [0, 0.1) is 0 Å². The number of nitrogens with zero attached hydrogens (tertiary/aromatic N) is 2. The first-order valence-electron chi connectivity index (χ1n) is 6.82. The number of carbonyl (C=O) groups is 1. The molecule has 5 nitrogen and oxygen atoms in total. The molecule has 1 saturated heterocycles. The second-order valence-corrected chi connectivity index (χ2v) is 6.16. The molecule has 0 radical (unpaired) electrons. The smallest absolute Gasteiger partial charge is 0.433 e. The molecule has 2 heterocycles. The largest absolute Gasteiger partial charge is 0.444 e. The fourth-order valence-electron chi connectivity index (χ4n) is 1.93. The zero-order chi connectivity index (χ0) is 16.5. The lowest BCUT2D eigenvalue weighted by atomic mass is 10.1. The molecule has 0 bridgehead atoms. The molecule has 2 rings (SSSR count). The summed E-state index contributed by atoms with van der Waals surface area (Å²) in [6.45, 7) is 6.24. The van der Waals surface area contributed by atoms with Crippen molar-refractivity contribution in [1.29, 1.82) is 0 Å². The van der Waals surface area contributed by atoms with Crippen molar-refractivity contribution in [2.75, 3.05) is 18.4 Å². The van der Waals surface area contributed by atoms with Crippen molar-refractivity contribution in [2.24, 2.45) is 0 Å². The normalized spacial score (nSPS) is 16.2. The summed E-state index contributed by atoms with van der Waals surface area (Å²) in [6.07, 6.45) is -3.70. The van der Waals surface area contributed by atoms with Crippen LogP contribution < -0.4 is 5.32 Å². The van der Waals surface area contributed by atoms with Gasteiger partial charge in [0, 0.05) is 13.1 Å². The SMILES string of the molecule is CC(C)(C)OC(=O)N1CC(Nc2ccc(C(F)(F)F)nc2)C1. The van der Waals surface area contributed by atoms with Gasteiger partial charge in [0.05, 0.1) is 17.9 Å². The molecule has 8 heteroatoms. The zero-order valence-corrected chi connectivity index (χ0v) is 12.6. The van der Waals surface area contributed by atoms with E-state index in [1.165, 1.54) is 11.0 Å². The monoisotopic (exact) mass is 317 g/mol. The van der Waals surface area contributed by atoms with Gasteiger partial charge >= 0.3 is 12.3 Å². The number of likely N-dealkylation sites (tertiary alicyclic amines) is 1. The Labute approximate surface area is 126 Å². The third-order valence-electron chi connectivity index (χ3n) is 2.96. The van der Waals surface area contributed by atoms with E-state index >= 15 is 0 Å². The number of halogens is 3. The van der Waals surface area contributed by atoms with Gasteiger partial charge in [-0.3, -0.25) is 0 Å². The minimum atomic E-state index is -4.44. The number of pyridine rings is 1. The van der Waals surface area contributed by atoms with Crippen LogP contribution in [0.2, 0.25) is 0 Å². The van der Waals surface area contributed by atoms with E-state index in [1.54, 1.807) is 20.8 Å². The van der Waals surface area contributed by atoms with E-state index in [1.807, 2.05) is 0 Å². The molecule has 1 N–H and O–H groups in total. The predicted molar refractivity (Wildman–Crippen MR) is 74.5 cm³/mol. The highest BCUT2D eigenvalue weighted by atomic mass is 19.4. The van der Waals surface area contributed by atoms with Gasteiger partial charge in [0.2, 0.25) is 0 Å². The lowest BCUT2D eigenvalue weighted by molar-refractivity contribution is -0.141. The Balaban J connectivity index is 1.82. The van der Waals surface area contributed by atoms with E-state index in [4.69, 9.17) is 4.74 Å². The maximum absolute atomic E-state index is 12.4. The number of rotatable bonds is 2. The molecule has 22 heavy (non-hydrogen) atoms. The molecular formula is C14H18F3N3O2. The summed E-state index contributed by atoms with van der Waals surface area (Å²) in [7, 11) is 0. The van der Waals surface area contributed by atoms with Gasteiger partial charge in [-0.05, 0) is 32.9 Å². The van der Waals surface area contributed by atoms with Gasteiger partial charge in [-0.1, -0.05) is 0 Å². The molecule has 0 spiro atoms. The minimum Gasteiger partial charge on any atom is -0.444 e. The van der Waals surface area contributed by atoms with Gasteiger partial charge in [0.15, 0.2) is 0 Å². The van der Waals surface area contributed by atoms with Crippen LogP contribution >= 0.6 is 0 Å². The standard InChI is InChI=1S/C14H18F3N3O2/c1-13(2,3)22-12(21)20-7-10(8-20)19-9-4-5-11(18-6-9)14(15,16)17/h4-6,10,19H,7-8H2,1-3H3. The first-order chi connectivity index (χ1) is 10.0. The summed E-state index contributed by atoms with van der Waals surface area (Å²) in [5, 5.41) is 3.03. The van der Waals surface area contributed by atoms with Gasteiger partial charge in [-0.25, -0.2) is 9.78 Å². The number of nitrogens with one attached hydrogen (secondary N) is 1. The summed E-state index contributed by atoms with van der Waals surface area (Å²) in [4.78, 5) is 16.6. The van der Waals surface area contributed by atoms with E-state index in [0.717, 1.165) is 12.3 Å². The minimum absolute atomic E-state index is 0.0222. The number of hydrogen-bond donors (Lipinski definition) is 1. The fourth-order valence-corrected chi connectivity index (χ4v) is 1.93. The Morgan fingerprint density at radius 1 is 1.32 bits per heavy atom. The first-order valence-corrected chi connectivity index (χ1v) is 6.82. The number of anilines is 1. The van der Waals surface area contributed by atoms with E-state index < -0.39 is 23.6 Å². The van der Waals surface area contributed by atoms with Crippen molar-refractivity contribution < 1.29 is 22.7 Å². The molecule has 0 saturated carbocycles. The lowest BCUT2D eigenvalue weighted by Gasteiger charge is -2.40. The van der Waals surface area contributed by atoms with Gasteiger partial charge in [-0.2, -0.15) is 13.2 Å². The third kappa shape index (κ3) is 4.25. The summed E-state index contributed by atoms with van der Waals surface area (Å²) in [5.41, 5.74) is -0.990. The maximum Gasteiger partial charge on any atom is 0.433 e. The number of ether oxygens (including phenoxy) is 1. The molecule has 1 aromatic rings. The van der Waals surface area contributed by atoms with E-state index in [0.29, 0.717) is 18.8 Å². The molecule has 0 aliphatic carbocycles. The number of amides is 1. The average molecular weight is 317 g/mol.